The molecule has 10 nitrogen and oxygen atoms in total. The number of likely N-dealkylation sites (tertiary alicyclic amines) is 1. The normalized spacial score (nSPS) is 17.8. The first-order valence-electron chi connectivity index (χ1n) is 10.4. The largest absolute Gasteiger partial charge is 0.452 e. The van der Waals surface area contributed by atoms with Crippen LogP contribution in [0.5, 0.6) is 5.75 Å². The van der Waals surface area contributed by atoms with Gasteiger partial charge in [-0.05, 0) is 44.2 Å². The molecule has 2 aliphatic rings. The zero-order chi connectivity index (χ0) is 22.4. The average molecular weight is 431 g/mol. The smallest absolute Gasteiger partial charge is 0.338 e. The summed E-state index contributed by atoms with van der Waals surface area (Å²) < 4.78 is 10.5. The van der Waals surface area contributed by atoms with E-state index < -0.39 is 5.97 Å². The molecule has 3 rings (SSSR count). The molecular weight excluding hydrogens is 402 g/mol. The molecule has 2 heterocycles. The molecule has 0 atom stereocenters. The highest BCUT2D eigenvalue weighted by Crippen LogP contribution is 2.21. The molecule has 1 amide bonds. The topological polar surface area (TPSA) is 129 Å². The number of carbonyl (C=O) groups excluding carboxylic acids is 3. The second-order valence-electron chi connectivity index (χ2n) is 7.85. The number of esters is 2. The third kappa shape index (κ3) is 6.17. The Morgan fingerprint density at radius 3 is 2.19 bits per heavy atom. The van der Waals surface area contributed by atoms with E-state index in [0.29, 0.717) is 44.8 Å². The number of hydrogen-bond acceptors (Lipinski definition) is 7. The van der Waals surface area contributed by atoms with Crippen molar-refractivity contribution in [2.45, 2.75) is 12.8 Å². The third-order valence-corrected chi connectivity index (χ3v) is 5.66. The van der Waals surface area contributed by atoms with E-state index in [0.717, 1.165) is 13.1 Å². The van der Waals surface area contributed by atoms with Crippen LogP contribution in [0.15, 0.2) is 24.3 Å². The summed E-state index contributed by atoms with van der Waals surface area (Å²) >= 11 is 0. The van der Waals surface area contributed by atoms with E-state index >= 15 is 0 Å². The maximum absolute atomic E-state index is 12.3. The van der Waals surface area contributed by atoms with Crippen LogP contribution in [0.2, 0.25) is 0 Å². The lowest BCUT2D eigenvalue weighted by Crippen LogP contribution is -2.48. The quantitative estimate of drug-likeness (QED) is 0.291. The van der Waals surface area contributed by atoms with E-state index in [4.69, 9.17) is 20.6 Å². The van der Waals surface area contributed by atoms with Crippen molar-refractivity contribution in [3.63, 3.8) is 0 Å². The fraction of sp³-hybridized carbons (Fsp3) is 0.524. The number of ether oxygens (including phenoxy) is 2. The summed E-state index contributed by atoms with van der Waals surface area (Å²) in [6, 6.07) is 6.07. The first-order valence-corrected chi connectivity index (χ1v) is 10.4. The first kappa shape index (κ1) is 22.5. The van der Waals surface area contributed by atoms with E-state index in [1.807, 2.05) is 7.05 Å². The molecule has 0 aliphatic carbocycles. The first-order chi connectivity index (χ1) is 14.8. The molecule has 3 N–H and O–H groups in total. The molecule has 168 valence electrons. The van der Waals surface area contributed by atoms with Crippen molar-refractivity contribution in [2.75, 3.05) is 52.9 Å². The molecule has 10 heteroatoms. The van der Waals surface area contributed by atoms with Gasteiger partial charge in [0.15, 0.2) is 12.6 Å². The number of nitrogens with one attached hydrogen (secondary N) is 1. The fourth-order valence-corrected chi connectivity index (χ4v) is 3.57. The summed E-state index contributed by atoms with van der Waals surface area (Å²) in [6.45, 7) is 3.66. The lowest BCUT2D eigenvalue weighted by atomic mass is 9.97. The van der Waals surface area contributed by atoms with Gasteiger partial charge in [0.2, 0.25) is 0 Å². The lowest BCUT2D eigenvalue weighted by Gasteiger charge is -2.32. The average Bonchev–Trinajstić information content (AvgIpc) is 2.78. The number of nitrogens with zero attached hydrogens (tertiary/aromatic N) is 3. The minimum absolute atomic E-state index is 0.0134. The highest BCUT2D eigenvalue weighted by molar-refractivity contribution is 5.91. The number of piperazine rings is 1. The van der Waals surface area contributed by atoms with E-state index in [9.17, 15) is 14.4 Å². The molecule has 0 aromatic heterocycles. The zero-order valence-corrected chi connectivity index (χ0v) is 17.7. The predicted molar refractivity (Wildman–Crippen MR) is 113 cm³/mol. The highest BCUT2D eigenvalue weighted by atomic mass is 16.5. The Hall–Kier alpha value is -3.14. The molecule has 0 unspecified atom stereocenters. The standard InChI is InChI=1S/C21H29N5O5/c1-24-10-12-25(13-11-24)18(27)14-30-19(28)15-2-4-17(5-3-15)31-20(29)16-6-8-26(9-7-16)21(22)23/h2-5,16H,6-14H2,1H3,(H3,22,23). The molecular formula is C21H29N5O5. The van der Waals surface area contributed by atoms with Crippen molar-refractivity contribution < 1.29 is 23.9 Å². The Kier molecular flexibility index (Phi) is 7.45. The number of benzene rings is 1. The lowest BCUT2D eigenvalue weighted by molar-refractivity contribution is -0.140. The van der Waals surface area contributed by atoms with Gasteiger partial charge in [0.05, 0.1) is 11.5 Å². The Labute approximate surface area is 181 Å². The van der Waals surface area contributed by atoms with Gasteiger partial charge in [-0.25, -0.2) is 4.79 Å². The summed E-state index contributed by atoms with van der Waals surface area (Å²) in [4.78, 5) is 42.3. The number of piperidine rings is 1. The summed E-state index contributed by atoms with van der Waals surface area (Å²) in [6.07, 6.45) is 1.15. The summed E-state index contributed by atoms with van der Waals surface area (Å²) in [5.41, 5.74) is 5.74. The van der Waals surface area contributed by atoms with E-state index in [1.165, 1.54) is 24.3 Å². The van der Waals surface area contributed by atoms with E-state index in [-0.39, 0.29) is 35.9 Å². The van der Waals surface area contributed by atoms with Crippen LogP contribution in [0.1, 0.15) is 23.2 Å². The minimum Gasteiger partial charge on any atom is -0.452 e. The number of carbonyl (C=O) groups is 3. The van der Waals surface area contributed by atoms with E-state index in [2.05, 4.69) is 4.90 Å². The van der Waals surface area contributed by atoms with Crippen molar-refractivity contribution in [2.24, 2.45) is 11.7 Å². The van der Waals surface area contributed by atoms with Crippen LogP contribution in [0.4, 0.5) is 0 Å². The molecule has 31 heavy (non-hydrogen) atoms. The van der Waals surface area contributed by atoms with Crippen LogP contribution in [-0.2, 0) is 14.3 Å². The predicted octanol–water partition coefficient (Wildman–Crippen LogP) is 0.128. The second kappa shape index (κ2) is 10.3. The van der Waals surface area contributed by atoms with Crippen LogP contribution < -0.4 is 10.5 Å². The summed E-state index contributed by atoms with van der Waals surface area (Å²) in [7, 11) is 2.00. The summed E-state index contributed by atoms with van der Waals surface area (Å²) in [5.74, 6) is -1.04. The molecule has 0 bridgehead atoms. The van der Waals surface area contributed by atoms with E-state index in [1.54, 1.807) is 9.80 Å². The van der Waals surface area contributed by atoms with Crippen LogP contribution in [0.3, 0.4) is 0 Å². The number of hydrogen-bond donors (Lipinski definition) is 2. The van der Waals surface area contributed by atoms with Gasteiger partial charge in [-0.1, -0.05) is 0 Å². The fourth-order valence-electron chi connectivity index (χ4n) is 3.57. The molecule has 0 radical (unpaired) electrons. The van der Waals surface area contributed by atoms with Crippen molar-refractivity contribution in [1.29, 1.82) is 5.41 Å². The molecule has 0 spiro atoms. The molecule has 1 aromatic carbocycles. The Balaban J connectivity index is 1.44. The van der Waals surface area contributed by atoms with Crippen LogP contribution >= 0.6 is 0 Å². The van der Waals surface area contributed by atoms with Crippen LogP contribution in [0.25, 0.3) is 0 Å². The van der Waals surface area contributed by atoms with Crippen molar-refractivity contribution in [1.82, 2.24) is 14.7 Å². The molecule has 2 fully saturated rings. The van der Waals surface area contributed by atoms with Gasteiger partial charge in [-0.2, -0.15) is 0 Å². The second-order valence-corrected chi connectivity index (χ2v) is 7.85. The van der Waals surface area contributed by atoms with Gasteiger partial charge in [0.25, 0.3) is 5.91 Å². The van der Waals surface area contributed by atoms with Gasteiger partial charge in [-0.3, -0.25) is 15.0 Å². The maximum Gasteiger partial charge on any atom is 0.338 e. The van der Waals surface area contributed by atoms with Gasteiger partial charge < -0.3 is 29.9 Å². The number of amides is 1. The molecule has 1 aromatic rings. The number of likely N-dealkylation sites (N-methyl/N-ethyl adjacent to an activating group) is 1. The zero-order valence-electron chi connectivity index (χ0n) is 17.7. The summed E-state index contributed by atoms with van der Waals surface area (Å²) in [5, 5.41) is 7.44. The number of rotatable bonds is 5. The van der Waals surface area contributed by atoms with Crippen molar-refractivity contribution in [3.8, 4) is 5.75 Å². The van der Waals surface area contributed by atoms with Crippen LogP contribution in [0, 0.1) is 11.3 Å². The molecule has 2 saturated heterocycles. The van der Waals surface area contributed by atoms with Crippen molar-refractivity contribution >= 4 is 23.8 Å². The maximum atomic E-state index is 12.3. The van der Waals surface area contributed by atoms with Gasteiger partial charge in [-0.15, -0.1) is 0 Å². The number of guanidine groups is 1. The Bertz CT molecular complexity index is 812. The third-order valence-electron chi connectivity index (χ3n) is 5.66. The van der Waals surface area contributed by atoms with Gasteiger partial charge in [0, 0.05) is 39.3 Å². The SMILES string of the molecule is CN1CCN(C(=O)COC(=O)c2ccc(OC(=O)C3CCN(C(=N)N)CC3)cc2)CC1. The van der Waals surface area contributed by atoms with Gasteiger partial charge >= 0.3 is 11.9 Å². The highest BCUT2D eigenvalue weighted by Gasteiger charge is 2.27. The molecule has 2 aliphatic heterocycles. The molecule has 0 saturated carbocycles. The van der Waals surface area contributed by atoms with Crippen molar-refractivity contribution in [3.05, 3.63) is 29.8 Å². The monoisotopic (exact) mass is 431 g/mol. The van der Waals surface area contributed by atoms with Gasteiger partial charge in [0.1, 0.15) is 5.75 Å². The number of nitrogens with two attached hydrogens (primary N) is 1. The minimum atomic E-state index is -0.600. The Morgan fingerprint density at radius 2 is 1.61 bits per heavy atom. The van der Waals surface area contributed by atoms with Crippen LogP contribution in [-0.4, -0.2) is 91.4 Å². The Morgan fingerprint density at radius 1 is 1.00 bits per heavy atom.